The van der Waals surface area contributed by atoms with Gasteiger partial charge in [0.2, 0.25) is 11.1 Å². The number of anilines is 1. The fourth-order valence-corrected chi connectivity index (χ4v) is 4.33. The summed E-state index contributed by atoms with van der Waals surface area (Å²) >= 11 is 1.28. The minimum absolute atomic E-state index is 0.161. The van der Waals surface area contributed by atoms with Crippen LogP contribution in [0.15, 0.2) is 96.2 Å². The number of hydrogen-bond donors (Lipinski definition) is 1. The number of amides is 1. The zero-order chi connectivity index (χ0) is 24.0. The van der Waals surface area contributed by atoms with Crippen LogP contribution in [0.2, 0.25) is 0 Å². The first-order chi connectivity index (χ1) is 17.2. The standard InChI is InChI=1S/C27H23N5O2S/c1-2-34-24-11-7-6-10-23(24)28-26(33)18-35-27-30-29-25-17-16-22(31-32(25)27)21-14-12-20(13-15-21)19-8-4-3-5-9-19/h3-17H,2,18H2,1H3,(H,28,33). The van der Waals surface area contributed by atoms with Crippen LogP contribution in [0.3, 0.4) is 0 Å². The molecule has 2 heterocycles. The first kappa shape index (κ1) is 22.6. The van der Waals surface area contributed by atoms with Gasteiger partial charge in [0.1, 0.15) is 5.75 Å². The number of hydrogen-bond acceptors (Lipinski definition) is 6. The summed E-state index contributed by atoms with van der Waals surface area (Å²) in [4.78, 5) is 12.6. The summed E-state index contributed by atoms with van der Waals surface area (Å²) in [6, 6.07) is 29.7. The summed E-state index contributed by atoms with van der Waals surface area (Å²) in [5.74, 6) is 0.649. The monoisotopic (exact) mass is 481 g/mol. The van der Waals surface area contributed by atoms with Crippen LogP contribution < -0.4 is 10.1 Å². The van der Waals surface area contributed by atoms with Gasteiger partial charge in [-0.3, -0.25) is 4.79 Å². The Morgan fingerprint density at radius 1 is 0.857 bits per heavy atom. The smallest absolute Gasteiger partial charge is 0.234 e. The van der Waals surface area contributed by atoms with Crippen LogP contribution in [0.25, 0.3) is 28.0 Å². The van der Waals surface area contributed by atoms with Gasteiger partial charge >= 0.3 is 0 Å². The van der Waals surface area contributed by atoms with Crippen molar-refractivity contribution in [3.63, 3.8) is 0 Å². The van der Waals surface area contributed by atoms with Gasteiger partial charge in [-0.1, -0.05) is 78.5 Å². The highest BCUT2D eigenvalue weighted by Crippen LogP contribution is 2.26. The number of nitrogens with zero attached hydrogens (tertiary/aromatic N) is 4. The third-order valence-corrected chi connectivity index (χ3v) is 6.23. The second-order valence-corrected chi connectivity index (χ2v) is 8.62. The van der Waals surface area contributed by atoms with Gasteiger partial charge in [-0.25, -0.2) is 0 Å². The Balaban J connectivity index is 1.30. The highest BCUT2D eigenvalue weighted by atomic mass is 32.2. The molecular formula is C27H23N5O2S. The molecule has 0 aliphatic heterocycles. The Hall–Kier alpha value is -4.17. The number of carbonyl (C=O) groups is 1. The predicted octanol–water partition coefficient (Wildman–Crippen LogP) is 5.59. The quantitative estimate of drug-likeness (QED) is 0.291. The number of benzene rings is 3. The van der Waals surface area contributed by atoms with E-state index in [1.165, 1.54) is 17.3 Å². The Labute approximate surface area is 207 Å². The van der Waals surface area contributed by atoms with Crippen molar-refractivity contribution in [3.05, 3.63) is 91.0 Å². The third kappa shape index (κ3) is 5.17. The van der Waals surface area contributed by atoms with Crippen molar-refractivity contribution in [1.29, 1.82) is 0 Å². The third-order valence-electron chi connectivity index (χ3n) is 5.32. The summed E-state index contributed by atoms with van der Waals surface area (Å²) in [5.41, 5.74) is 5.37. The van der Waals surface area contributed by atoms with Crippen molar-refractivity contribution in [2.24, 2.45) is 0 Å². The van der Waals surface area contributed by atoms with E-state index in [9.17, 15) is 4.79 Å². The van der Waals surface area contributed by atoms with Crippen molar-refractivity contribution in [3.8, 4) is 28.1 Å². The van der Waals surface area contributed by atoms with Crippen LogP contribution in [0, 0.1) is 0 Å². The molecule has 5 rings (SSSR count). The van der Waals surface area contributed by atoms with Crippen molar-refractivity contribution in [2.75, 3.05) is 17.7 Å². The van der Waals surface area contributed by atoms with Crippen molar-refractivity contribution in [2.45, 2.75) is 12.1 Å². The van der Waals surface area contributed by atoms with Gasteiger partial charge in [0.15, 0.2) is 5.65 Å². The second-order valence-electron chi connectivity index (χ2n) is 7.68. The molecule has 0 fully saturated rings. The van der Waals surface area contributed by atoms with E-state index in [1.807, 2.05) is 61.5 Å². The minimum Gasteiger partial charge on any atom is -0.492 e. The number of ether oxygens (including phenoxy) is 1. The lowest BCUT2D eigenvalue weighted by molar-refractivity contribution is -0.113. The van der Waals surface area contributed by atoms with Gasteiger partial charge < -0.3 is 10.1 Å². The molecular weight excluding hydrogens is 458 g/mol. The number of thioether (sulfide) groups is 1. The molecule has 35 heavy (non-hydrogen) atoms. The first-order valence-corrected chi connectivity index (χ1v) is 12.2. The molecule has 0 bridgehead atoms. The number of rotatable bonds is 8. The van der Waals surface area contributed by atoms with Crippen molar-refractivity contribution >= 4 is 29.0 Å². The molecule has 0 unspecified atom stereocenters. The lowest BCUT2D eigenvalue weighted by atomic mass is 10.0. The molecule has 5 aromatic rings. The largest absolute Gasteiger partial charge is 0.492 e. The predicted molar refractivity (Wildman–Crippen MR) is 139 cm³/mol. The summed E-state index contributed by atoms with van der Waals surface area (Å²) in [7, 11) is 0. The van der Waals surface area contributed by atoms with Gasteiger partial charge in [0.05, 0.1) is 23.7 Å². The van der Waals surface area contributed by atoms with Crippen LogP contribution in [0.5, 0.6) is 5.75 Å². The number of fused-ring (bicyclic) bond motifs is 1. The topological polar surface area (TPSA) is 81.4 Å². The number of nitrogens with one attached hydrogen (secondary N) is 1. The summed E-state index contributed by atoms with van der Waals surface area (Å²) in [6.07, 6.45) is 0. The van der Waals surface area contributed by atoms with Gasteiger partial charge in [0, 0.05) is 5.56 Å². The van der Waals surface area contributed by atoms with E-state index < -0.39 is 0 Å². The molecule has 7 nitrogen and oxygen atoms in total. The SMILES string of the molecule is CCOc1ccccc1NC(=O)CSc1nnc2ccc(-c3ccc(-c4ccccc4)cc3)nn12. The molecule has 174 valence electrons. The lowest BCUT2D eigenvalue weighted by Gasteiger charge is -2.10. The molecule has 0 radical (unpaired) electrons. The average molecular weight is 482 g/mol. The average Bonchev–Trinajstić information content (AvgIpc) is 3.32. The molecule has 0 saturated carbocycles. The summed E-state index contributed by atoms with van der Waals surface area (Å²) in [6.45, 7) is 2.43. The summed E-state index contributed by atoms with van der Waals surface area (Å²) < 4.78 is 7.25. The maximum Gasteiger partial charge on any atom is 0.234 e. The van der Waals surface area contributed by atoms with Crippen molar-refractivity contribution < 1.29 is 9.53 Å². The normalized spacial score (nSPS) is 10.9. The Morgan fingerprint density at radius 3 is 2.37 bits per heavy atom. The van der Waals surface area contributed by atoms with Crippen LogP contribution in [-0.2, 0) is 4.79 Å². The fraction of sp³-hybridized carbons (Fsp3) is 0.111. The molecule has 1 amide bonds. The van der Waals surface area contributed by atoms with Gasteiger partial charge in [-0.05, 0) is 42.3 Å². The molecule has 0 aliphatic rings. The van der Waals surface area contributed by atoms with Crippen LogP contribution in [0.1, 0.15) is 6.92 Å². The van der Waals surface area contributed by atoms with Crippen LogP contribution in [0.4, 0.5) is 5.69 Å². The van der Waals surface area contributed by atoms with E-state index in [1.54, 1.807) is 4.52 Å². The van der Waals surface area contributed by atoms with E-state index >= 15 is 0 Å². The van der Waals surface area contributed by atoms with E-state index in [2.05, 4.69) is 51.9 Å². The Bertz CT molecular complexity index is 1450. The highest BCUT2D eigenvalue weighted by Gasteiger charge is 2.13. The van der Waals surface area contributed by atoms with Gasteiger partial charge in [-0.15, -0.1) is 10.2 Å². The molecule has 1 N–H and O–H groups in total. The Morgan fingerprint density at radius 2 is 1.57 bits per heavy atom. The maximum atomic E-state index is 12.6. The zero-order valence-corrected chi connectivity index (χ0v) is 19.9. The molecule has 8 heteroatoms. The fourth-order valence-electron chi connectivity index (χ4n) is 3.64. The van der Waals surface area contributed by atoms with Gasteiger partial charge in [0.25, 0.3) is 0 Å². The van der Waals surface area contributed by atoms with Gasteiger partial charge in [-0.2, -0.15) is 9.61 Å². The molecule has 0 atom stereocenters. The van der Waals surface area contributed by atoms with E-state index in [4.69, 9.17) is 9.84 Å². The Kier molecular flexibility index (Phi) is 6.72. The first-order valence-electron chi connectivity index (χ1n) is 11.2. The van der Waals surface area contributed by atoms with E-state index in [0.717, 1.165) is 16.8 Å². The second kappa shape index (κ2) is 10.4. The molecule has 0 spiro atoms. The van der Waals surface area contributed by atoms with E-state index in [0.29, 0.717) is 28.8 Å². The maximum absolute atomic E-state index is 12.6. The zero-order valence-electron chi connectivity index (χ0n) is 19.1. The number of carbonyl (C=O) groups excluding carboxylic acids is 1. The van der Waals surface area contributed by atoms with E-state index in [-0.39, 0.29) is 11.7 Å². The molecule has 3 aromatic carbocycles. The molecule has 0 saturated heterocycles. The lowest BCUT2D eigenvalue weighted by Crippen LogP contribution is -2.15. The van der Waals surface area contributed by atoms with Crippen LogP contribution >= 0.6 is 11.8 Å². The number of aromatic nitrogens is 4. The highest BCUT2D eigenvalue weighted by molar-refractivity contribution is 7.99. The summed E-state index contributed by atoms with van der Waals surface area (Å²) in [5, 5.41) is 16.6. The minimum atomic E-state index is -0.161. The molecule has 2 aromatic heterocycles. The van der Waals surface area contributed by atoms with Crippen molar-refractivity contribution in [1.82, 2.24) is 19.8 Å². The molecule has 0 aliphatic carbocycles. The van der Waals surface area contributed by atoms with Crippen LogP contribution in [-0.4, -0.2) is 38.1 Å². The number of para-hydroxylation sites is 2.